The Hall–Kier alpha value is -1.55. The molecule has 2 amide bonds. The molecule has 116 valence electrons. The van der Waals surface area contributed by atoms with Crippen molar-refractivity contribution < 1.29 is 4.79 Å². The van der Waals surface area contributed by atoms with Crippen LogP contribution in [0.4, 0.5) is 10.5 Å². The molecule has 1 aliphatic rings. The van der Waals surface area contributed by atoms with E-state index in [1.54, 1.807) is 0 Å². The summed E-state index contributed by atoms with van der Waals surface area (Å²) < 4.78 is 0. The molecule has 0 bridgehead atoms. The minimum atomic E-state index is -0.0867. The number of carbonyl (C=O) groups is 1. The van der Waals surface area contributed by atoms with Crippen molar-refractivity contribution in [1.29, 1.82) is 0 Å². The van der Waals surface area contributed by atoms with Gasteiger partial charge in [0.2, 0.25) is 0 Å². The van der Waals surface area contributed by atoms with Crippen molar-refractivity contribution in [1.82, 2.24) is 10.6 Å². The van der Waals surface area contributed by atoms with Crippen LogP contribution in [-0.2, 0) is 0 Å². The Morgan fingerprint density at radius 3 is 2.29 bits per heavy atom. The lowest BCUT2D eigenvalue weighted by molar-refractivity contribution is 0.247. The molecule has 1 saturated carbocycles. The van der Waals surface area contributed by atoms with E-state index in [2.05, 4.69) is 22.9 Å². The van der Waals surface area contributed by atoms with Gasteiger partial charge >= 0.3 is 6.03 Å². The Bertz CT molecular complexity index is 436. The van der Waals surface area contributed by atoms with Crippen molar-refractivity contribution >= 4 is 11.7 Å². The maximum Gasteiger partial charge on any atom is 0.319 e. The molecule has 1 aromatic rings. The van der Waals surface area contributed by atoms with E-state index in [0.717, 1.165) is 18.5 Å². The van der Waals surface area contributed by atoms with Gasteiger partial charge in [-0.15, -0.1) is 0 Å². The van der Waals surface area contributed by atoms with Gasteiger partial charge in [0.25, 0.3) is 0 Å². The van der Waals surface area contributed by atoms with E-state index in [-0.39, 0.29) is 6.03 Å². The second-order valence-corrected chi connectivity index (χ2v) is 5.92. The lowest BCUT2D eigenvalue weighted by Gasteiger charge is -2.17. The van der Waals surface area contributed by atoms with Gasteiger partial charge in [-0.1, -0.05) is 37.8 Å². The first-order valence-electron chi connectivity index (χ1n) is 8.04. The van der Waals surface area contributed by atoms with Gasteiger partial charge in [-0.3, -0.25) is 0 Å². The van der Waals surface area contributed by atoms with Crippen LogP contribution in [0.1, 0.15) is 57.1 Å². The highest BCUT2D eigenvalue weighted by Gasteiger charge is 2.14. The maximum atomic E-state index is 12.0. The van der Waals surface area contributed by atoms with Crippen molar-refractivity contribution in [3.63, 3.8) is 0 Å². The molecule has 0 radical (unpaired) electrons. The molecule has 4 heteroatoms. The Morgan fingerprint density at radius 2 is 1.71 bits per heavy atom. The molecule has 0 aromatic heterocycles. The molecule has 1 atom stereocenters. The van der Waals surface area contributed by atoms with Crippen LogP contribution in [0, 0.1) is 0 Å². The summed E-state index contributed by atoms with van der Waals surface area (Å²) >= 11 is 0. The topological polar surface area (TPSA) is 53.2 Å². The summed E-state index contributed by atoms with van der Waals surface area (Å²) in [4.78, 5) is 12.0. The van der Waals surface area contributed by atoms with Crippen molar-refractivity contribution in [2.45, 2.75) is 57.5 Å². The van der Waals surface area contributed by atoms with Gasteiger partial charge in [-0.2, -0.15) is 0 Å². The van der Waals surface area contributed by atoms with Gasteiger partial charge in [0.05, 0.1) is 0 Å². The fraction of sp³-hybridized carbons (Fsp3) is 0.588. The normalized spacial score (nSPS) is 17.8. The Morgan fingerprint density at radius 1 is 1.10 bits per heavy atom. The number of hydrogen-bond donors (Lipinski definition) is 3. The van der Waals surface area contributed by atoms with Gasteiger partial charge in [0.1, 0.15) is 0 Å². The van der Waals surface area contributed by atoms with Crippen LogP contribution in [-0.4, -0.2) is 19.1 Å². The van der Waals surface area contributed by atoms with E-state index >= 15 is 0 Å². The van der Waals surface area contributed by atoms with Crippen LogP contribution in [0.15, 0.2) is 24.3 Å². The number of hydrogen-bond acceptors (Lipinski definition) is 2. The van der Waals surface area contributed by atoms with Gasteiger partial charge < -0.3 is 16.0 Å². The SMILES string of the molecule is CNC(C)c1ccc(NC(=O)NC2CCCCCC2)cc1. The van der Waals surface area contributed by atoms with Gasteiger partial charge in [0, 0.05) is 17.8 Å². The summed E-state index contributed by atoms with van der Waals surface area (Å²) in [5.74, 6) is 0. The number of urea groups is 1. The molecule has 3 N–H and O–H groups in total. The fourth-order valence-electron chi connectivity index (χ4n) is 2.80. The molecule has 1 fully saturated rings. The predicted molar refractivity (Wildman–Crippen MR) is 87.6 cm³/mol. The van der Waals surface area contributed by atoms with Crippen LogP contribution in [0.3, 0.4) is 0 Å². The summed E-state index contributed by atoms with van der Waals surface area (Å²) in [5.41, 5.74) is 2.06. The number of nitrogens with one attached hydrogen (secondary N) is 3. The molecule has 0 heterocycles. The largest absolute Gasteiger partial charge is 0.335 e. The van der Waals surface area contributed by atoms with Crippen LogP contribution < -0.4 is 16.0 Å². The van der Waals surface area contributed by atoms with Gasteiger partial charge in [0.15, 0.2) is 0 Å². The first kappa shape index (κ1) is 15.8. The summed E-state index contributed by atoms with van der Waals surface area (Å²) in [6, 6.07) is 8.56. The summed E-state index contributed by atoms with van der Waals surface area (Å²) in [5, 5.41) is 9.22. The molecule has 21 heavy (non-hydrogen) atoms. The number of benzene rings is 1. The van der Waals surface area contributed by atoms with Gasteiger partial charge in [-0.25, -0.2) is 4.79 Å². The first-order valence-corrected chi connectivity index (χ1v) is 8.04. The third-order valence-electron chi connectivity index (χ3n) is 4.29. The molecule has 2 rings (SSSR count). The second-order valence-electron chi connectivity index (χ2n) is 5.92. The lowest BCUT2D eigenvalue weighted by Crippen LogP contribution is -2.37. The number of rotatable bonds is 4. The van der Waals surface area contributed by atoms with E-state index in [1.165, 1.54) is 31.2 Å². The molecule has 1 aromatic carbocycles. The highest BCUT2D eigenvalue weighted by atomic mass is 16.2. The Balaban J connectivity index is 1.84. The smallest absolute Gasteiger partial charge is 0.319 e. The second kappa shape index (κ2) is 8.03. The van der Waals surface area contributed by atoms with E-state index in [0.29, 0.717) is 12.1 Å². The summed E-state index contributed by atoms with van der Waals surface area (Å²) in [7, 11) is 1.94. The number of carbonyl (C=O) groups excluding carboxylic acids is 1. The fourth-order valence-corrected chi connectivity index (χ4v) is 2.80. The van der Waals surface area contributed by atoms with E-state index in [1.807, 2.05) is 31.3 Å². The van der Waals surface area contributed by atoms with Crippen molar-refractivity contribution in [2.24, 2.45) is 0 Å². The maximum absolute atomic E-state index is 12.0. The molecule has 4 nitrogen and oxygen atoms in total. The first-order chi connectivity index (χ1) is 10.2. The van der Waals surface area contributed by atoms with Crippen molar-refractivity contribution in [3.05, 3.63) is 29.8 Å². The lowest BCUT2D eigenvalue weighted by atomic mass is 10.1. The average molecular weight is 289 g/mol. The minimum absolute atomic E-state index is 0.0867. The predicted octanol–water partition coefficient (Wildman–Crippen LogP) is 3.81. The van der Waals surface area contributed by atoms with E-state index in [9.17, 15) is 4.79 Å². The molecule has 1 unspecified atom stereocenters. The monoisotopic (exact) mass is 289 g/mol. The van der Waals surface area contributed by atoms with Crippen molar-refractivity contribution in [3.8, 4) is 0 Å². The van der Waals surface area contributed by atoms with Crippen LogP contribution in [0.5, 0.6) is 0 Å². The van der Waals surface area contributed by atoms with Gasteiger partial charge in [-0.05, 0) is 44.5 Å². The zero-order chi connectivity index (χ0) is 15.1. The van der Waals surface area contributed by atoms with E-state index in [4.69, 9.17) is 0 Å². The van der Waals surface area contributed by atoms with Crippen molar-refractivity contribution in [2.75, 3.05) is 12.4 Å². The number of amides is 2. The molecular formula is C17H27N3O. The average Bonchev–Trinajstić information content (AvgIpc) is 2.75. The third-order valence-corrected chi connectivity index (χ3v) is 4.29. The summed E-state index contributed by atoms with van der Waals surface area (Å²) in [6.07, 6.45) is 7.25. The third kappa shape index (κ3) is 5.05. The minimum Gasteiger partial charge on any atom is -0.335 e. The van der Waals surface area contributed by atoms with Crippen LogP contribution in [0.2, 0.25) is 0 Å². The highest BCUT2D eigenvalue weighted by molar-refractivity contribution is 5.89. The van der Waals surface area contributed by atoms with E-state index < -0.39 is 0 Å². The zero-order valence-electron chi connectivity index (χ0n) is 13.1. The molecule has 1 aliphatic carbocycles. The van der Waals surface area contributed by atoms with Crippen LogP contribution >= 0.6 is 0 Å². The Kier molecular flexibility index (Phi) is 6.05. The highest BCUT2D eigenvalue weighted by Crippen LogP contribution is 2.18. The Labute approximate surface area is 127 Å². The zero-order valence-corrected chi connectivity index (χ0v) is 13.1. The molecule has 0 aliphatic heterocycles. The molecule has 0 saturated heterocycles. The quantitative estimate of drug-likeness (QED) is 0.738. The molecule has 0 spiro atoms. The standard InChI is InChI=1S/C17H27N3O/c1-13(18-2)14-9-11-16(12-10-14)20-17(21)19-15-7-5-3-4-6-8-15/h9-13,15,18H,3-8H2,1-2H3,(H2,19,20,21). The molecular weight excluding hydrogens is 262 g/mol. The summed E-state index contributed by atoms with van der Waals surface area (Å²) in [6.45, 7) is 2.11. The van der Waals surface area contributed by atoms with Crippen LogP contribution in [0.25, 0.3) is 0 Å². The number of anilines is 1.